The zero-order valence-electron chi connectivity index (χ0n) is 8.29. The standard InChI is InChI=1S/C9H15N3O2/c1-2-7-10-8(12-11-7)5-3-4-6-9(13)14/h2-6H2,1H3,(H,13,14)(H,10,11,12). The number of hydrogen-bond acceptors (Lipinski definition) is 3. The van der Waals surface area contributed by atoms with Crippen molar-refractivity contribution in [1.82, 2.24) is 15.2 Å². The molecule has 0 bridgehead atoms. The molecule has 0 aliphatic heterocycles. The van der Waals surface area contributed by atoms with Gasteiger partial charge in [0.05, 0.1) is 0 Å². The van der Waals surface area contributed by atoms with E-state index in [1.807, 2.05) is 6.92 Å². The summed E-state index contributed by atoms with van der Waals surface area (Å²) in [7, 11) is 0. The van der Waals surface area contributed by atoms with E-state index < -0.39 is 5.97 Å². The first-order valence-corrected chi connectivity index (χ1v) is 4.84. The van der Waals surface area contributed by atoms with Crippen LogP contribution in [-0.2, 0) is 17.6 Å². The van der Waals surface area contributed by atoms with Gasteiger partial charge in [-0.25, -0.2) is 4.98 Å². The van der Waals surface area contributed by atoms with Gasteiger partial charge in [0.15, 0.2) is 0 Å². The maximum atomic E-state index is 10.2. The van der Waals surface area contributed by atoms with Gasteiger partial charge in [-0.1, -0.05) is 6.92 Å². The first kappa shape index (κ1) is 10.7. The Labute approximate surface area is 82.6 Å². The largest absolute Gasteiger partial charge is 0.481 e. The van der Waals surface area contributed by atoms with Crippen LogP contribution in [0.4, 0.5) is 0 Å². The van der Waals surface area contributed by atoms with Crippen LogP contribution in [-0.4, -0.2) is 26.3 Å². The number of unbranched alkanes of at least 4 members (excludes halogenated alkanes) is 1. The second-order valence-electron chi connectivity index (χ2n) is 3.15. The maximum Gasteiger partial charge on any atom is 0.303 e. The van der Waals surface area contributed by atoms with Crippen LogP contribution in [0, 0.1) is 0 Å². The maximum absolute atomic E-state index is 10.2. The number of rotatable bonds is 6. The molecule has 0 spiro atoms. The van der Waals surface area contributed by atoms with Gasteiger partial charge in [0, 0.05) is 19.3 Å². The zero-order valence-corrected chi connectivity index (χ0v) is 8.29. The van der Waals surface area contributed by atoms with E-state index in [1.165, 1.54) is 0 Å². The highest BCUT2D eigenvalue weighted by atomic mass is 16.4. The summed E-state index contributed by atoms with van der Waals surface area (Å²) in [6.07, 6.45) is 3.36. The molecule has 0 saturated carbocycles. The number of H-pyrrole nitrogens is 1. The Morgan fingerprint density at radius 1 is 1.50 bits per heavy atom. The predicted molar refractivity (Wildman–Crippen MR) is 51.0 cm³/mol. The summed E-state index contributed by atoms with van der Waals surface area (Å²) in [6.45, 7) is 2.00. The van der Waals surface area contributed by atoms with Gasteiger partial charge < -0.3 is 5.11 Å². The fourth-order valence-electron chi connectivity index (χ4n) is 1.17. The van der Waals surface area contributed by atoms with E-state index in [1.54, 1.807) is 0 Å². The Hall–Kier alpha value is -1.39. The molecule has 0 saturated heterocycles. The summed E-state index contributed by atoms with van der Waals surface area (Å²) in [5.74, 6) is 0.933. The monoisotopic (exact) mass is 197 g/mol. The van der Waals surface area contributed by atoms with Gasteiger partial charge in [0.25, 0.3) is 0 Å². The molecule has 0 aliphatic carbocycles. The summed E-state index contributed by atoms with van der Waals surface area (Å²) in [5, 5.41) is 15.2. The third kappa shape index (κ3) is 3.55. The topological polar surface area (TPSA) is 78.9 Å². The molecule has 14 heavy (non-hydrogen) atoms. The van der Waals surface area contributed by atoms with E-state index in [4.69, 9.17) is 5.11 Å². The molecule has 1 aromatic rings. The molecule has 0 unspecified atom stereocenters. The molecule has 5 heteroatoms. The molecule has 0 amide bonds. The number of carboxylic acids is 1. The van der Waals surface area contributed by atoms with E-state index in [9.17, 15) is 4.79 Å². The lowest BCUT2D eigenvalue weighted by Crippen LogP contribution is -1.95. The smallest absolute Gasteiger partial charge is 0.303 e. The molecular formula is C9H15N3O2. The highest BCUT2D eigenvalue weighted by Crippen LogP contribution is 2.02. The highest BCUT2D eigenvalue weighted by molar-refractivity contribution is 5.66. The van der Waals surface area contributed by atoms with E-state index in [0.717, 1.165) is 30.9 Å². The van der Waals surface area contributed by atoms with E-state index in [-0.39, 0.29) is 6.42 Å². The summed E-state index contributed by atoms with van der Waals surface area (Å²) in [6, 6.07) is 0. The number of aromatic nitrogens is 3. The zero-order chi connectivity index (χ0) is 10.4. The number of aliphatic carboxylic acids is 1. The van der Waals surface area contributed by atoms with Crippen molar-refractivity contribution >= 4 is 5.97 Å². The lowest BCUT2D eigenvalue weighted by molar-refractivity contribution is -0.137. The predicted octanol–water partition coefficient (Wildman–Crippen LogP) is 1.16. The van der Waals surface area contributed by atoms with Gasteiger partial charge in [-0.05, 0) is 12.8 Å². The van der Waals surface area contributed by atoms with Gasteiger partial charge in [0.2, 0.25) is 0 Å². The van der Waals surface area contributed by atoms with Crippen molar-refractivity contribution in [2.45, 2.75) is 39.0 Å². The second kappa shape index (κ2) is 5.36. The Bertz CT molecular complexity index is 296. The van der Waals surface area contributed by atoms with Gasteiger partial charge in [-0.2, -0.15) is 5.10 Å². The number of nitrogens with one attached hydrogen (secondary N) is 1. The number of carboxylic acid groups (broad SMARTS) is 1. The normalized spacial score (nSPS) is 10.4. The van der Waals surface area contributed by atoms with Gasteiger partial charge in [-0.3, -0.25) is 9.89 Å². The fourth-order valence-corrected chi connectivity index (χ4v) is 1.17. The van der Waals surface area contributed by atoms with Crippen molar-refractivity contribution in [3.63, 3.8) is 0 Å². The molecule has 0 fully saturated rings. The molecular weight excluding hydrogens is 182 g/mol. The Balaban J connectivity index is 2.21. The molecule has 0 radical (unpaired) electrons. The van der Waals surface area contributed by atoms with Crippen LogP contribution in [0.25, 0.3) is 0 Å². The van der Waals surface area contributed by atoms with E-state index in [2.05, 4.69) is 15.2 Å². The lowest BCUT2D eigenvalue weighted by atomic mass is 10.2. The Kier molecular flexibility index (Phi) is 4.10. The highest BCUT2D eigenvalue weighted by Gasteiger charge is 2.01. The fraction of sp³-hybridized carbons (Fsp3) is 0.667. The summed E-state index contributed by atoms with van der Waals surface area (Å²) < 4.78 is 0. The van der Waals surface area contributed by atoms with Gasteiger partial charge in [-0.15, -0.1) is 0 Å². The van der Waals surface area contributed by atoms with Crippen molar-refractivity contribution < 1.29 is 9.90 Å². The summed E-state index contributed by atoms with van der Waals surface area (Å²) in [4.78, 5) is 14.5. The van der Waals surface area contributed by atoms with Crippen molar-refractivity contribution in [3.8, 4) is 0 Å². The van der Waals surface area contributed by atoms with Crippen molar-refractivity contribution in [2.24, 2.45) is 0 Å². The first-order chi connectivity index (χ1) is 6.72. The van der Waals surface area contributed by atoms with Crippen LogP contribution in [0.5, 0.6) is 0 Å². The molecule has 2 N–H and O–H groups in total. The third-order valence-electron chi connectivity index (χ3n) is 1.95. The number of carbonyl (C=O) groups is 1. The molecule has 0 aliphatic rings. The molecule has 1 aromatic heterocycles. The minimum Gasteiger partial charge on any atom is -0.481 e. The SMILES string of the molecule is CCc1n[nH]c(CCCCC(=O)O)n1. The average Bonchev–Trinajstić information content (AvgIpc) is 2.60. The average molecular weight is 197 g/mol. The third-order valence-corrected chi connectivity index (χ3v) is 1.95. The lowest BCUT2D eigenvalue weighted by Gasteiger charge is -1.94. The van der Waals surface area contributed by atoms with Crippen LogP contribution in [0.15, 0.2) is 0 Å². The van der Waals surface area contributed by atoms with E-state index >= 15 is 0 Å². The van der Waals surface area contributed by atoms with Gasteiger partial charge in [0.1, 0.15) is 11.6 Å². The number of hydrogen-bond donors (Lipinski definition) is 2. The van der Waals surface area contributed by atoms with Crippen molar-refractivity contribution in [2.75, 3.05) is 0 Å². The van der Waals surface area contributed by atoms with Crippen molar-refractivity contribution in [1.29, 1.82) is 0 Å². The minimum atomic E-state index is -0.739. The molecule has 0 atom stereocenters. The minimum absolute atomic E-state index is 0.231. The van der Waals surface area contributed by atoms with Crippen LogP contribution >= 0.6 is 0 Å². The van der Waals surface area contributed by atoms with Crippen LogP contribution in [0.2, 0.25) is 0 Å². The summed E-state index contributed by atoms with van der Waals surface area (Å²) >= 11 is 0. The quantitative estimate of drug-likeness (QED) is 0.671. The first-order valence-electron chi connectivity index (χ1n) is 4.84. The Morgan fingerprint density at radius 3 is 2.86 bits per heavy atom. The van der Waals surface area contributed by atoms with E-state index in [0.29, 0.717) is 6.42 Å². The van der Waals surface area contributed by atoms with Crippen LogP contribution in [0.1, 0.15) is 37.8 Å². The molecule has 1 rings (SSSR count). The van der Waals surface area contributed by atoms with Crippen LogP contribution in [0.3, 0.4) is 0 Å². The van der Waals surface area contributed by atoms with Gasteiger partial charge >= 0.3 is 5.97 Å². The summed E-state index contributed by atoms with van der Waals surface area (Å²) in [5.41, 5.74) is 0. The van der Waals surface area contributed by atoms with Crippen LogP contribution < -0.4 is 0 Å². The van der Waals surface area contributed by atoms with Crippen molar-refractivity contribution in [3.05, 3.63) is 11.6 Å². The number of aromatic amines is 1. The molecule has 1 heterocycles. The molecule has 78 valence electrons. The number of nitrogens with zero attached hydrogens (tertiary/aromatic N) is 2. The Morgan fingerprint density at radius 2 is 2.29 bits per heavy atom. The molecule has 5 nitrogen and oxygen atoms in total. The number of aryl methyl sites for hydroxylation is 2. The molecule has 0 aromatic carbocycles. The second-order valence-corrected chi connectivity index (χ2v) is 3.15.